The molecular weight excluding hydrogens is 312 g/mol. The zero-order chi connectivity index (χ0) is 12.9. The van der Waals surface area contributed by atoms with Crippen molar-refractivity contribution in [1.29, 1.82) is 0 Å². The number of ketones is 1. The predicted molar refractivity (Wildman–Crippen MR) is 77.7 cm³/mol. The SMILES string of the molecule is CC1C[C@H](Br)[C@@]2(CCCC2=O)c2cccc(Cl)c21. The normalized spacial score (nSPS) is 34.9. The van der Waals surface area contributed by atoms with Crippen LogP contribution in [0.3, 0.4) is 0 Å². The standard InChI is InChI=1S/C15H16BrClO/c1-9-8-12(16)15(7-3-6-13(15)18)10-4-2-5-11(17)14(9)10/h2,4-5,9,12H,3,6-8H2,1H3/t9?,12-,15+/m0/s1. The van der Waals surface area contributed by atoms with Crippen LogP contribution in [-0.4, -0.2) is 10.6 Å². The fourth-order valence-corrected chi connectivity index (χ4v) is 5.38. The molecule has 96 valence electrons. The van der Waals surface area contributed by atoms with Crippen molar-refractivity contribution in [3.05, 3.63) is 34.3 Å². The molecule has 3 rings (SSSR count). The van der Waals surface area contributed by atoms with Crippen molar-refractivity contribution in [2.75, 3.05) is 0 Å². The van der Waals surface area contributed by atoms with Crippen LogP contribution in [0.1, 0.15) is 49.7 Å². The summed E-state index contributed by atoms with van der Waals surface area (Å²) in [5.74, 6) is 0.803. The molecule has 0 N–H and O–H groups in total. The van der Waals surface area contributed by atoms with E-state index in [4.69, 9.17) is 11.6 Å². The minimum atomic E-state index is -0.313. The maximum atomic E-state index is 12.5. The topological polar surface area (TPSA) is 17.1 Å². The van der Waals surface area contributed by atoms with Crippen molar-refractivity contribution in [3.8, 4) is 0 Å². The summed E-state index contributed by atoms with van der Waals surface area (Å²) in [7, 11) is 0. The van der Waals surface area contributed by atoms with Gasteiger partial charge >= 0.3 is 0 Å². The summed E-state index contributed by atoms with van der Waals surface area (Å²) in [6.07, 6.45) is 3.66. The van der Waals surface area contributed by atoms with Crippen molar-refractivity contribution in [2.45, 2.75) is 48.8 Å². The van der Waals surface area contributed by atoms with Crippen LogP contribution < -0.4 is 0 Å². The number of carbonyl (C=O) groups is 1. The van der Waals surface area contributed by atoms with Crippen molar-refractivity contribution in [3.63, 3.8) is 0 Å². The van der Waals surface area contributed by atoms with E-state index in [2.05, 4.69) is 28.9 Å². The van der Waals surface area contributed by atoms with Gasteiger partial charge < -0.3 is 0 Å². The van der Waals surface area contributed by atoms with Crippen molar-refractivity contribution >= 4 is 33.3 Å². The molecule has 0 heterocycles. The van der Waals surface area contributed by atoms with Crippen LogP contribution in [0.25, 0.3) is 0 Å². The number of rotatable bonds is 0. The van der Waals surface area contributed by atoms with E-state index < -0.39 is 0 Å². The highest BCUT2D eigenvalue weighted by atomic mass is 79.9. The third kappa shape index (κ3) is 1.55. The summed E-state index contributed by atoms with van der Waals surface area (Å²) in [4.78, 5) is 12.7. The van der Waals surface area contributed by atoms with Crippen LogP contribution in [0, 0.1) is 0 Å². The van der Waals surface area contributed by atoms with Gasteiger partial charge in [-0.25, -0.2) is 0 Å². The molecule has 1 aromatic carbocycles. The Morgan fingerprint density at radius 3 is 2.89 bits per heavy atom. The lowest BCUT2D eigenvalue weighted by molar-refractivity contribution is -0.122. The number of fused-ring (bicyclic) bond motifs is 2. The minimum Gasteiger partial charge on any atom is -0.299 e. The average Bonchev–Trinajstić information content (AvgIpc) is 2.69. The number of alkyl halides is 1. The quantitative estimate of drug-likeness (QED) is 0.636. The molecule has 0 radical (unpaired) electrons. The van der Waals surface area contributed by atoms with Gasteiger partial charge in [-0.15, -0.1) is 0 Å². The summed E-state index contributed by atoms with van der Waals surface area (Å²) in [5, 5.41) is 0.818. The van der Waals surface area contributed by atoms with Gasteiger partial charge in [0.2, 0.25) is 0 Å². The summed E-state index contributed by atoms with van der Waals surface area (Å²) in [6, 6.07) is 6.03. The van der Waals surface area contributed by atoms with E-state index in [9.17, 15) is 4.79 Å². The number of halogens is 2. The average molecular weight is 328 g/mol. The van der Waals surface area contributed by atoms with E-state index in [1.807, 2.05) is 12.1 Å². The van der Waals surface area contributed by atoms with E-state index in [-0.39, 0.29) is 10.2 Å². The van der Waals surface area contributed by atoms with Gasteiger partial charge in [0.1, 0.15) is 5.78 Å². The number of Topliss-reactive ketones (excluding diaryl/α,β-unsaturated/α-hetero) is 1. The minimum absolute atomic E-state index is 0.251. The fraction of sp³-hybridized carbons (Fsp3) is 0.533. The first-order chi connectivity index (χ1) is 8.57. The van der Waals surface area contributed by atoms with Crippen LogP contribution in [0.5, 0.6) is 0 Å². The third-order valence-electron chi connectivity index (χ3n) is 4.59. The molecule has 0 aliphatic heterocycles. The fourth-order valence-electron chi connectivity index (χ4n) is 3.73. The second-order valence-electron chi connectivity index (χ2n) is 5.55. The second kappa shape index (κ2) is 4.35. The van der Waals surface area contributed by atoms with Crippen molar-refractivity contribution in [2.24, 2.45) is 0 Å². The Balaban J connectivity index is 2.26. The van der Waals surface area contributed by atoms with Gasteiger partial charge in [-0.1, -0.05) is 46.6 Å². The Hall–Kier alpha value is -0.340. The maximum Gasteiger partial charge on any atom is 0.144 e. The molecule has 1 fully saturated rings. The number of hydrogen-bond acceptors (Lipinski definition) is 1. The van der Waals surface area contributed by atoms with Crippen molar-refractivity contribution < 1.29 is 4.79 Å². The van der Waals surface area contributed by atoms with Gasteiger partial charge in [-0.05, 0) is 42.4 Å². The van der Waals surface area contributed by atoms with E-state index in [1.54, 1.807) is 0 Å². The maximum absolute atomic E-state index is 12.5. The lowest BCUT2D eigenvalue weighted by Crippen LogP contribution is -2.44. The van der Waals surface area contributed by atoms with Gasteiger partial charge in [0.25, 0.3) is 0 Å². The van der Waals surface area contributed by atoms with E-state index in [0.29, 0.717) is 18.1 Å². The zero-order valence-electron chi connectivity index (χ0n) is 10.4. The molecule has 1 nitrogen and oxygen atoms in total. The molecule has 0 saturated heterocycles. The van der Waals surface area contributed by atoms with Gasteiger partial charge in [0.15, 0.2) is 0 Å². The Bertz CT molecular complexity index is 513. The molecule has 1 spiro atoms. The lowest BCUT2D eigenvalue weighted by atomic mass is 9.65. The number of carbonyl (C=O) groups excluding carboxylic acids is 1. The van der Waals surface area contributed by atoms with E-state index >= 15 is 0 Å². The monoisotopic (exact) mass is 326 g/mol. The molecule has 3 atom stereocenters. The third-order valence-corrected chi connectivity index (χ3v) is 6.08. The first-order valence-electron chi connectivity index (χ1n) is 6.53. The molecule has 2 aliphatic carbocycles. The molecule has 0 aromatic heterocycles. The van der Waals surface area contributed by atoms with Gasteiger partial charge in [0.05, 0.1) is 5.41 Å². The first kappa shape index (κ1) is 12.7. The van der Waals surface area contributed by atoms with Crippen molar-refractivity contribution in [1.82, 2.24) is 0 Å². The summed E-state index contributed by atoms with van der Waals surface area (Å²) < 4.78 is 0. The van der Waals surface area contributed by atoms with Gasteiger partial charge in [-0.3, -0.25) is 4.79 Å². The summed E-state index contributed by atoms with van der Waals surface area (Å²) >= 11 is 10.2. The molecule has 1 saturated carbocycles. The largest absolute Gasteiger partial charge is 0.299 e. The summed E-state index contributed by atoms with van der Waals surface area (Å²) in [5.41, 5.74) is 2.07. The molecule has 0 amide bonds. The van der Waals surface area contributed by atoms with Crippen LogP contribution in [0.2, 0.25) is 5.02 Å². The van der Waals surface area contributed by atoms with Crippen LogP contribution in [0.4, 0.5) is 0 Å². The molecule has 1 unspecified atom stereocenters. The number of benzene rings is 1. The van der Waals surface area contributed by atoms with E-state index in [1.165, 1.54) is 11.1 Å². The molecule has 0 bridgehead atoms. The Morgan fingerprint density at radius 2 is 2.22 bits per heavy atom. The summed E-state index contributed by atoms with van der Waals surface area (Å²) in [6.45, 7) is 2.20. The van der Waals surface area contributed by atoms with Gasteiger partial charge in [0, 0.05) is 16.3 Å². The number of hydrogen-bond donors (Lipinski definition) is 0. The second-order valence-corrected chi connectivity index (χ2v) is 7.07. The molecule has 1 aromatic rings. The molecular formula is C15H16BrClO. The predicted octanol–water partition coefficient (Wildman–Crippen LogP) is 4.60. The first-order valence-corrected chi connectivity index (χ1v) is 7.83. The van der Waals surface area contributed by atoms with Crippen LogP contribution in [-0.2, 0) is 10.2 Å². The molecule has 2 aliphatic rings. The Kier molecular flexibility index (Phi) is 3.06. The van der Waals surface area contributed by atoms with Crippen LogP contribution >= 0.6 is 27.5 Å². The molecule has 18 heavy (non-hydrogen) atoms. The van der Waals surface area contributed by atoms with Crippen LogP contribution in [0.15, 0.2) is 18.2 Å². The molecule has 3 heteroatoms. The highest BCUT2D eigenvalue weighted by Crippen LogP contribution is 2.53. The smallest absolute Gasteiger partial charge is 0.144 e. The van der Waals surface area contributed by atoms with E-state index in [0.717, 1.165) is 24.3 Å². The zero-order valence-corrected chi connectivity index (χ0v) is 12.7. The van der Waals surface area contributed by atoms with Gasteiger partial charge in [-0.2, -0.15) is 0 Å². The Morgan fingerprint density at radius 1 is 1.44 bits per heavy atom. The lowest BCUT2D eigenvalue weighted by Gasteiger charge is -2.42. The highest BCUT2D eigenvalue weighted by molar-refractivity contribution is 9.09. The Labute approximate surface area is 121 Å². The highest BCUT2D eigenvalue weighted by Gasteiger charge is 2.52.